The zero-order valence-corrected chi connectivity index (χ0v) is 14.9. The van der Waals surface area contributed by atoms with Gasteiger partial charge in [-0.25, -0.2) is 9.59 Å². The second-order valence-electron chi connectivity index (χ2n) is 5.43. The number of carbonyl (C=O) groups is 2. The van der Waals surface area contributed by atoms with E-state index in [4.69, 9.17) is 14.2 Å². The molecule has 0 radical (unpaired) electrons. The number of carbonyl (C=O) groups excluding carboxylic acids is 2. The fourth-order valence-electron chi connectivity index (χ4n) is 2.62. The number of benzene rings is 1. The molecule has 7 nitrogen and oxygen atoms in total. The summed E-state index contributed by atoms with van der Waals surface area (Å²) in [4.78, 5) is 24.4. The zero-order valence-electron chi connectivity index (χ0n) is 13.3. The monoisotopic (exact) mass is 396 g/mol. The van der Waals surface area contributed by atoms with Gasteiger partial charge in [0.1, 0.15) is 0 Å². The number of halogens is 1. The lowest BCUT2D eigenvalue weighted by Gasteiger charge is -2.28. The van der Waals surface area contributed by atoms with E-state index in [0.29, 0.717) is 39.4 Å². The highest BCUT2D eigenvalue weighted by molar-refractivity contribution is 9.10. The zero-order chi connectivity index (χ0) is 17.3. The summed E-state index contributed by atoms with van der Waals surface area (Å²) >= 11 is 3.47. The van der Waals surface area contributed by atoms with Gasteiger partial charge < -0.3 is 24.8 Å². The Morgan fingerprint density at radius 1 is 1.38 bits per heavy atom. The number of ether oxygens (including phenoxy) is 3. The summed E-state index contributed by atoms with van der Waals surface area (Å²) in [7, 11) is 0. The van der Waals surface area contributed by atoms with E-state index in [-0.39, 0.29) is 12.8 Å². The SMILES string of the molecule is CCCOC(=O)C1=C(C)NC(=O)N[C@H]1c1cc2c(cc1Br)OCO2. The molecule has 0 saturated heterocycles. The van der Waals surface area contributed by atoms with Crippen molar-refractivity contribution in [2.24, 2.45) is 0 Å². The van der Waals surface area contributed by atoms with Crippen LogP contribution >= 0.6 is 15.9 Å². The molecule has 0 fully saturated rings. The van der Waals surface area contributed by atoms with Crippen LogP contribution in [0.15, 0.2) is 27.9 Å². The first-order chi connectivity index (χ1) is 11.5. The van der Waals surface area contributed by atoms with Crippen LogP contribution in [0.4, 0.5) is 4.79 Å². The van der Waals surface area contributed by atoms with E-state index < -0.39 is 12.0 Å². The van der Waals surface area contributed by atoms with Crippen LogP contribution in [0.3, 0.4) is 0 Å². The largest absolute Gasteiger partial charge is 0.462 e. The molecule has 0 aromatic heterocycles. The molecule has 2 aliphatic heterocycles. The maximum Gasteiger partial charge on any atom is 0.338 e. The van der Waals surface area contributed by atoms with Crippen molar-refractivity contribution >= 4 is 27.9 Å². The maximum absolute atomic E-state index is 12.5. The van der Waals surface area contributed by atoms with E-state index in [9.17, 15) is 9.59 Å². The van der Waals surface area contributed by atoms with Gasteiger partial charge >= 0.3 is 12.0 Å². The molecular weight excluding hydrogens is 380 g/mol. The van der Waals surface area contributed by atoms with Crippen molar-refractivity contribution in [1.82, 2.24) is 10.6 Å². The molecule has 2 N–H and O–H groups in total. The first-order valence-corrected chi connectivity index (χ1v) is 8.35. The van der Waals surface area contributed by atoms with Crippen molar-refractivity contribution in [2.75, 3.05) is 13.4 Å². The number of hydrogen-bond donors (Lipinski definition) is 2. The summed E-state index contributed by atoms with van der Waals surface area (Å²) in [5.41, 5.74) is 1.52. The average Bonchev–Trinajstić information content (AvgIpc) is 2.98. The average molecular weight is 397 g/mol. The van der Waals surface area contributed by atoms with Crippen LogP contribution < -0.4 is 20.1 Å². The molecule has 1 aromatic rings. The summed E-state index contributed by atoms with van der Waals surface area (Å²) in [6.07, 6.45) is 0.718. The maximum atomic E-state index is 12.5. The molecule has 3 rings (SSSR count). The molecule has 128 valence electrons. The van der Waals surface area contributed by atoms with E-state index in [1.165, 1.54) is 0 Å². The molecule has 0 aliphatic carbocycles. The van der Waals surface area contributed by atoms with Crippen molar-refractivity contribution in [3.8, 4) is 11.5 Å². The van der Waals surface area contributed by atoms with Crippen molar-refractivity contribution in [2.45, 2.75) is 26.3 Å². The minimum absolute atomic E-state index is 0.143. The highest BCUT2D eigenvalue weighted by atomic mass is 79.9. The molecule has 1 aromatic carbocycles. The first-order valence-electron chi connectivity index (χ1n) is 7.55. The molecule has 8 heteroatoms. The molecule has 2 amide bonds. The van der Waals surface area contributed by atoms with Crippen molar-refractivity contribution < 1.29 is 23.8 Å². The minimum atomic E-state index is -0.646. The Balaban J connectivity index is 2.02. The van der Waals surface area contributed by atoms with E-state index in [0.717, 1.165) is 6.42 Å². The van der Waals surface area contributed by atoms with E-state index in [1.54, 1.807) is 19.1 Å². The van der Waals surface area contributed by atoms with Crippen molar-refractivity contribution in [3.63, 3.8) is 0 Å². The Morgan fingerprint density at radius 3 is 2.79 bits per heavy atom. The van der Waals surface area contributed by atoms with Crippen LogP contribution in [-0.2, 0) is 9.53 Å². The second-order valence-corrected chi connectivity index (χ2v) is 6.29. The molecule has 24 heavy (non-hydrogen) atoms. The van der Waals surface area contributed by atoms with E-state index in [2.05, 4.69) is 26.6 Å². The van der Waals surface area contributed by atoms with Crippen molar-refractivity contribution in [1.29, 1.82) is 0 Å². The predicted molar refractivity (Wildman–Crippen MR) is 88.6 cm³/mol. The third-order valence-corrected chi connectivity index (χ3v) is 4.42. The topological polar surface area (TPSA) is 85.9 Å². The number of allylic oxidation sites excluding steroid dienone is 1. The number of nitrogens with one attached hydrogen (secondary N) is 2. The standard InChI is InChI=1S/C16H17BrN2O5/c1-3-4-22-15(20)13-8(2)18-16(21)19-14(13)9-5-11-12(6-10(9)17)24-7-23-11/h5-6,14H,3-4,7H2,1-2H3,(H2,18,19,21)/t14-/m0/s1. The Kier molecular flexibility index (Phi) is 4.66. The van der Waals surface area contributed by atoms with Gasteiger partial charge in [-0.2, -0.15) is 0 Å². The van der Waals surface area contributed by atoms with Gasteiger partial charge in [-0.05, 0) is 31.0 Å². The summed E-state index contributed by atoms with van der Waals surface area (Å²) in [5.74, 6) is 0.720. The van der Waals surface area contributed by atoms with Gasteiger partial charge in [0.2, 0.25) is 6.79 Å². The van der Waals surface area contributed by atoms with E-state index in [1.807, 2.05) is 6.92 Å². The van der Waals surface area contributed by atoms with Gasteiger partial charge in [0, 0.05) is 10.2 Å². The third kappa shape index (κ3) is 3.06. The number of fused-ring (bicyclic) bond motifs is 1. The quantitative estimate of drug-likeness (QED) is 0.764. The Bertz CT molecular complexity index is 731. The predicted octanol–water partition coefficient (Wildman–Crippen LogP) is 2.76. The lowest BCUT2D eigenvalue weighted by atomic mass is 9.95. The summed E-state index contributed by atoms with van der Waals surface area (Å²) < 4.78 is 16.7. The van der Waals surface area contributed by atoms with Crippen LogP contribution in [0.2, 0.25) is 0 Å². The van der Waals surface area contributed by atoms with Gasteiger partial charge in [0.15, 0.2) is 11.5 Å². The van der Waals surface area contributed by atoms with Gasteiger partial charge in [-0.15, -0.1) is 0 Å². The van der Waals surface area contributed by atoms with Crippen LogP contribution in [-0.4, -0.2) is 25.4 Å². The minimum Gasteiger partial charge on any atom is -0.462 e. The number of amides is 2. The third-order valence-electron chi connectivity index (χ3n) is 3.73. The molecule has 0 bridgehead atoms. The first kappa shape index (κ1) is 16.6. The number of urea groups is 1. The Hall–Kier alpha value is -2.22. The lowest BCUT2D eigenvalue weighted by molar-refractivity contribution is -0.139. The normalized spacial score (nSPS) is 19.0. The van der Waals surface area contributed by atoms with E-state index >= 15 is 0 Å². The van der Waals surface area contributed by atoms with Gasteiger partial charge in [-0.3, -0.25) is 0 Å². The highest BCUT2D eigenvalue weighted by Gasteiger charge is 2.34. The second kappa shape index (κ2) is 6.72. The van der Waals surface area contributed by atoms with Crippen LogP contribution in [0.25, 0.3) is 0 Å². The number of esters is 1. The fourth-order valence-corrected chi connectivity index (χ4v) is 3.18. The molecular formula is C16H17BrN2O5. The fraction of sp³-hybridized carbons (Fsp3) is 0.375. The molecule has 0 saturated carbocycles. The van der Waals surface area contributed by atoms with Crippen LogP contribution in [0.1, 0.15) is 31.9 Å². The van der Waals surface area contributed by atoms with Crippen molar-refractivity contribution in [3.05, 3.63) is 33.4 Å². The smallest absolute Gasteiger partial charge is 0.338 e. The highest BCUT2D eigenvalue weighted by Crippen LogP contribution is 2.41. The lowest BCUT2D eigenvalue weighted by Crippen LogP contribution is -2.45. The Labute approximate surface area is 147 Å². The summed E-state index contributed by atoms with van der Waals surface area (Å²) in [6.45, 7) is 4.05. The summed E-state index contributed by atoms with van der Waals surface area (Å²) in [5, 5.41) is 5.38. The molecule has 2 aliphatic rings. The summed E-state index contributed by atoms with van der Waals surface area (Å²) in [6, 6.07) is 2.49. The molecule has 0 unspecified atom stereocenters. The number of rotatable bonds is 4. The van der Waals surface area contributed by atoms with Gasteiger partial charge in [0.05, 0.1) is 18.2 Å². The van der Waals surface area contributed by atoms with Gasteiger partial charge in [-0.1, -0.05) is 22.9 Å². The molecule has 0 spiro atoms. The van der Waals surface area contributed by atoms with Crippen LogP contribution in [0.5, 0.6) is 11.5 Å². The molecule has 1 atom stereocenters. The molecule has 2 heterocycles. The number of hydrogen-bond acceptors (Lipinski definition) is 5. The van der Waals surface area contributed by atoms with Crippen LogP contribution in [0, 0.1) is 0 Å². The Morgan fingerprint density at radius 2 is 2.08 bits per heavy atom. The van der Waals surface area contributed by atoms with Gasteiger partial charge in [0.25, 0.3) is 0 Å².